The van der Waals surface area contributed by atoms with Crippen LogP contribution < -0.4 is 0 Å². The van der Waals surface area contributed by atoms with Gasteiger partial charge in [0.2, 0.25) is 5.78 Å². The lowest BCUT2D eigenvalue weighted by atomic mass is 10.1. The van der Waals surface area contributed by atoms with Gasteiger partial charge in [-0.3, -0.25) is 4.79 Å². The summed E-state index contributed by atoms with van der Waals surface area (Å²) in [7, 11) is 0. The highest BCUT2D eigenvalue weighted by atomic mass is 32.2. The first-order chi connectivity index (χ1) is 6.27. The molecule has 0 spiro atoms. The van der Waals surface area contributed by atoms with E-state index in [9.17, 15) is 9.59 Å². The zero-order chi connectivity index (χ0) is 9.26. The summed E-state index contributed by atoms with van der Waals surface area (Å²) in [4.78, 5) is 29.0. The minimum atomic E-state index is -0.588. The number of ketones is 1. The fourth-order valence-corrected chi connectivity index (χ4v) is 1.99. The molecule has 2 amide bonds. The minimum absolute atomic E-state index is 0.166. The van der Waals surface area contributed by atoms with Crippen molar-refractivity contribution in [2.24, 2.45) is 9.98 Å². The Bertz CT molecular complexity index is 368. The number of nitrogens with zero attached hydrogens (tertiary/aromatic N) is 2. The van der Waals surface area contributed by atoms with Crippen molar-refractivity contribution in [1.29, 1.82) is 0 Å². The number of carbonyl (C=O) groups is 2. The average Bonchev–Trinajstić information content (AvgIpc) is 2.72. The molecule has 0 aromatic heterocycles. The molecule has 4 nitrogen and oxygen atoms in total. The van der Waals surface area contributed by atoms with Crippen molar-refractivity contribution in [2.75, 3.05) is 5.75 Å². The monoisotopic (exact) mass is 194 g/mol. The number of thioether (sulfide) groups is 1. The first kappa shape index (κ1) is 8.37. The smallest absolute Gasteiger partial charge is 0.287 e. The van der Waals surface area contributed by atoms with E-state index in [4.69, 9.17) is 0 Å². The van der Waals surface area contributed by atoms with Gasteiger partial charge in [0.25, 0.3) is 0 Å². The van der Waals surface area contributed by atoms with Crippen LogP contribution in [-0.4, -0.2) is 29.5 Å². The van der Waals surface area contributed by atoms with Crippen LogP contribution in [0.4, 0.5) is 4.79 Å². The largest absolute Gasteiger partial charge is 0.367 e. The van der Waals surface area contributed by atoms with E-state index in [1.165, 1.54) is 6.21 Å². The Labute approximate surface area is 78.8 Å². The molecular formula is C8H6N2O2S. The molecule has 13 heavy (non-hydrogen) atoms. The van der Waals surface area contributed by atoms with Crippen molar-refractivity contribution in [3.05, 3.63) is 11.0 Å². The van der Waals surface area contributed by atoms with E-state index in [1.54, 1.807) is 11.8 Å². The number of urea groups is 1. The molecular weight excluding hydrogens is 188 g/mol. The molecule has 0 N–H and O–H groups in total. The Balaban J connectivity index is 2.18. The van der Waals surface area contributed by atoms with Crippen LogP contribution in [-0.2, 0) is 4.79 Å². The molecule has 0 radical (unpaired) electrons. The highest BCUT2D eigenvalue weighted by Crippen LogP contribution is 2.22. The van der Waals surface area contributed by atoms with Gasteiger partial charge in [-0.2, -0.15) is 9.98 Å². The molecule has 2 aliphatic rings. The molecule has 66 valence electrons. The number of amides is 2. The Kier molecular flexibility index (Phi) is 2.10. The summed E-state index contributed by atoms with van der Waals surface area (Å²) in [5.41, 5.74) is 0.892. The molecule has 0 fully saturated rings. The Morgan fingerprint density at radius 3 is 2.92 bits per heavy atom. The van der Waals surface area contributed by atoms with Gasteiger partial charge in [0, 0.05) is 11.3 Å². The van der Waals surface area contributed by atoms with Crippen molar-refractivity contribution in [1.82, 2.24) is 0 Å². The SMILES string of the molecule is O=C1N=CC(C(=O)C2=CSCC2)=N1. The maximum absolute atomic E-state index is 11.5. The fraction of sp³-hybridized carbons (Fsp3) is 0.250. The Hall–Kier alpha value is -1.23. The molecule has 0 unspecified atom stereocenters. The van der Waals surface area contributed by atoms with Crippen LogP contribution in [0.15, 0.2) is 21.0 Å². The maximum Gasteiger partial charge on any atom is 0.367 e. The number of carbonyl (C=O) groups excluding carboxylic acids is 2. The van der Waals surface area contributed by atoms with Crippen LogP contribution >= 0.6 is 11.8 Å². The van der Waals surface area contributed by atoms with Gasteiger partial charge in [0.1, 0.15) is 5.71 Å². The van der Waals surface area contributed by atoms with Gasteiger partial charge in [-0.1, -0.05) is 0 Å². The number of hydrogen-bond donors (Lipinski definition) is 0. The second kappa shape index (κ2) is 3.26. The molecule has 2 aliphatic heterocycles. The lowest BCUT2D eigenvalue weighted by Gasteiger charge is -1.95. The number of Topliss-reactive ketones (excluding diaryl/α,β-unsaturated/α-hetero) is 1. The van der Waals surface area contributed by atoms with Crippen molar-refractivity contribution in [2.45, 2.75) is 6.42 Å². The van der Waals surface area contributed by atoms with Gasteiger partial charge < -0.3 is 0 Å². The van der Waals surface area contributed by atoms with Crippen molar-refractivity contribution >= 4 is 35.5 Å². The summed E-state index contributed by atoms with van der Waals surface area (Å²) < 4.78 is 0. The molecule has 0 aromatic carbocycles. The first-order valence-electron chi connectivity index (χ1n) is 3.79. The van der Waals surface area contributed by atoms with Crippen molar-refractivity contribution in [3.63, 3.8) is 0 Å². The second-order valence-corrected chi connectivity index (χ2v) is 3.61. The number of allylic oxidation sites excluding steroid dienone is 1. The molecule has 5 heteroatoms. The number of aliphatic imine (C=N–C) groups is 2. The third-order valence-corrected chi connectivity index (χ3v) is 2.64. The summed E-state index contributed by atoms with van der Waals surface area (Å²) in [5.74, 6) is 0.763. The molecule has 0 saturated heterocycles. The fourth-order valence-electron chi connectivity index (χ4n) is 1.11. The van der Waals surface area contributed by atoms with E-state index in [1.807, 2.05) is 5.41 Å². The highest BCUT2D eigenvalue weighted by Gasteiger charge is 2.21. The van der Waals surface area contributed by atoms with Gasteiger partial charge in [0.05, 0.1) is 6.21 Å². The van der Waals surface area contributed by atoms with E-state index < -0.39 is 6.03 Å². The van der Waals surface area contributed by atoms with Crippen molar-refractivity contribution in [3.8, 4) is 0 Å². The topological polar surface area (TPSA) is 58.9 Å². The second-order valence-electron chi connectivity index (χ2n) is 2.63. The molecule has 2 rings (SSSR count). The van der Waals surface area contributed by atoms with E-state index in [0.717, 1.165) is 17.7 Å². The van der Waals surface area contributed by atoms with Gasteiger partial charge in [-0.25, -0.2) is 4.79 Å². The molecule has 0 atom stereocenters. The summed E-state index contributed by atoms with van der Waals surface area (Å²) in [6.07, 6.45) is 1.99. The van der Waals surface area contributed by atoms with Gasteiger partial charge >= 0.3 is 6.03 Å². The lowest BCUT2D eigenvalue weighted by molar-refractivity contribution is -0.109. The maximum atomic E-state index is 11.5. The van der Waals surface area contributed by atoms with Gasteiger partial charge in [0.15, 0.2) is 0 Å². The summed E-state index contributed by atoms with van der Waals surface area (Å²) in [6.45, 7) is 0. The molecule has 0 bridgehead atoms. The van der Waals surface area contributed by atoms with Crippen LogP contribution in [0.2, 0.25) is 0 Å². The zero-order valence-electron chi connectivity index (χ0n) is 6.69. The van der Waals surface area contributed by atoms with Crippen LogP contribution in [0.25, 0.3) is 0 Å². The van der Waals surface area contributed by atoms with Crippen LogP contribution in [0, 0.1) is 0 Å². The molecule has 0 aromatic rings. The third kappa shape index (κ3) is 1.60. The van der Waals surface area contributed by atoms with E-state index >= 15 is 0 Å². The van der Waals surface area contributed by atoms with Crippen LogP contribution in [0.1, 0.15) is 6.42 Å². The standard InChI is InChI=1S/C8H6N2O2S/c11-7(5-1-2-13-4-5)6-3-9-8(12)10-6/h3-4H,1-2H2. The predicted octanol–water partition coefficient (Wildman–Crippen LogP) is 1.22. The normalized spacial score (nSPS) is 20.5. The van der Waals surface area contributed by atoms with E-state index in [-0.39, 0.29) is 11.5 Å². The zero-order valence-corrected chi connectivity index (χ0v) is 7.50. The molecule has 0 aliphatic carbocycles. The number of hydrogen-bond acceptors (Lipinski definition) is 3. The van der Waals surface area contributed by atoms with Crippen LogP contribution in [0.5, 0.6) is 0 Å². The molecule has 2 heterocycles. The summed E-state index contributed by atoms with van der Waals surface area (Å²) >= 11 is 1.60. The van der Waals surface area contributed by atoms with E-state index in [0.29, 0.717) is 0 Å². The minimum Gasteiger partial charge on any atom is -0.287 e. The summed E-state index contributed by atoms with van der Waals surface area (Å²) in [5, 5.41) is 1.82. The summed E-state index contributed by atoms with van der Waals surface area (Å²) in [6, 6.07) is -0.588. The molecule has 0 saturated carbocycles. The Morgan fingerprint density at radius 2 is 2.38 bits per heavy atom. The highest BCUT2D eigenvalue weighted by molar-refractivity contribution is 8.02. The van der Waals surface area contributed by atoms with E-state index in [2.05, 4.69) is 9.98 Å². The third-order valence-electron chi connectivity index (χ3n) is 1.75. The van der Waals surface area contributed by atoms with Gasteiger partial charge in [-0.15, -0.1) is 11.8 Å². The van der Waals surface area contributed by atoms with Crippen LogP contribution in [0.3, 0.4) is 0 Å². The first-order valence-corrected chi connectivity index (χ1v) is 4.84. The number of rotatable bonds is 2. The van der Waals surface area contributed by atoms with Crippen molar-refractivity contribution < 1.29 is 9.59 Å². The Morgan fingerprint density at radius 1 is 1.54 bits per heavy atom. The lowest BCUT2D eigenvalue weighted by Crippen LogP contribution is -2.15. The quantitative estimate of drug-likeness (QED) is 0.664. The van der Waals surface area contributed by atoms with Gasteiger partial charge in [-0.05, 0) is 11.8 Å². The predicted molar refractivity (Wildman–Crippen MR) is 51.5 cm³/mol. The average molecular weight is 194 g/mol.